The first-order valence-electron chi connectivity index (χ1n) is 6.08. The van der Waals surface area contributed by atoms with E-state index in [-0.39, 0.29) is 30.5 Å². The molecule has 0 aromatic heterocycles. The van der Waals surface area contributed by atoms with Gasteiger partial charge in [0.2, 0.25) is 5.91 Å². The molecule has 0 aromatic rings. The maximum Gasteiger partial charge on any atom is 0.303 e. The molecule has 0 bridgehead atoms. The van der Waals surface area contributed by atoms with Crippen molar-refractivity contribution in [3.05, 3.63) is 0 Å². The Bertz CT molecular complexity index is 304. The summed E-state index contributed by atoms with van der Waals surface area (Å²) in [6.07, 6.45) is 0.428. The van der Waals surface area contributed by atoms with Crippen LogP contribution in [0.1, 0.15) is 33.6 Å². The zero-order valence-electron chi connectivity index (χ0n) is 11.0. The number of carbonyl (C=O) groups is 2. The van der Waals surface area contributed by atoms with Crippen LogP contribution < -0.4 is 0 Å². The highest BCUT2D eigenvalue weighted by molar-refractivity contribution is 5.83. The van der Waals surface area contributed by atoms with Crippen molar-refractivity contribution in [1.29, 1.82) is 0 Å². The van der Waals surface area contributed by atoms with Crippen molar-refractivity contribution in [2.75, 3.05) is 13.6 Å². The predicted octanol–water partition coefficient (Wildman–Crippen LogP) is 0.791. The van der Waals surface area contributed by atoms with Crippen molar-refractivity contribution in [3.63, 3.8) is 0 Å². The fraction of sp³-hybridized carbons (Fsp3) is 0.833. The Hall–Kier alpha value is -1.10. The SMILES string of the molecule is CC(C)N1CC(C)N(C)C(CCC(=O)O)C1=O. The van der Waals surface area contributed by atoms with Gasteiger partial charge in [-0.05, 0) is 34.2 Å². The third-order valence-corrected chi connectivity index (χ3v) is 3.47. The Kier molecular flexibility index (Phi) is 4.51. The fourth-order valence-electron chi connectivity index (χ4n) is 2.23. The summed E-state index contributed by atoms with van der Waals surface area (Å²) in [4.78, 5) is 26.7. The first-order chi connectivity index (χ1) is 7.84. The first-order valence-corrected chi connectivity index (χ1v) is 6.08. The highest BCUT2D eigenvalue weighted by Gasteiger charge is 2.37. The number of carboxylic acids is 1. The second-order valence-electron chi connectivity index (χ2n) is 5.05. The van der Waals surface area contributed by atoms with Gasteiger partial charge in [0.05, 0.1) is 6.04 Å². The number of hydrogen-bond donors (Lipinski definition) is 1. The molecule has 0 saturated carbocycles. The Balaban J connectivity index is 2.76. The van der Waals surface area contributed by atoms with Crippen molar-refractivity contribution in [2.24, 2.45) is 0 Å². The van der Waals surface area contributed by atoms with Gasteiger partial charge in [0, 0.05) is 25.0 Å². The molecule has 1 aliphatic heterocycles. The molecule has 1 heterocycles. The van der Waals surface area contributed by atoms with Crippen LogP contribution in [-0.2, 0) is 9.59 Å². The number of amides is 1. The smallest absolute Gasteiger partial charge is 0.303 e. The summed E-state index contributed by atoms with van der Waals surface area (Å²) in [5.74, 6) is -0.789. The minimum Gasteiger partial charge on any atom is -0.481 e. The number of hydrogen-bond acceptors (Lipinski definition) is 3. The van der Waals surface area contributed by atoms with E-state index in [1.165, 1.54) is 0 Å². The molecule has 5 nitrogen and oxygen atoms in total. The van der Waals surface area contributed by atoms with E-state index in [0.717, 1.165) is 6.54 Å². The monoisotopic (exact) mass is 242 g/mol. The molecule has 1 fully saturated rings. The molecule has 0 aliphatic carbocycles. The lowest BCUT2D eigenvalue weighted by atomic mass is 10.0. The number of nitrogens with zero attached hydrogens (tertiary/aromatic N) is 2. The van der Waals surface area contributed by atoms with E-state index in [1.807, 2.05) is 30.7 Å². The van der Waals surface area contributed by atoms with Crippen molar-refractivity contribution < 1.29 is 14.7 Å². The van der Waals surface area contributed by atoms with Crippen molar-refractivity contribution in [2.45, 2.75) is 51.7 Å². The molecule has 1 rings (SSSR count). The third-order valence-electron chi connectivity index (χ3n) is 3.47. The van der Waals surface area contributed by atoms with Gasteiger partial charge in [0.15, 0.2) is 0 Å². The number of aliphatic carboxylic acids is 1. The number of likely N-dealkylation sites (N-methyl/N-ethyl adjacent to an activating group) is 1. The van der Waals surface area contributed by atoms with Gasteiger partial charge >= 0.3 is 5.97 Å². The van der Waals surface area contributed by atoms with Gasteiger partial charge in [0.1, 0.15) is 0 Å². The number of carboxylic acid groups (broad SMARTS) is 1. The number of piperazine rings is 1. The summed E-state index contributed by atoms with van der Waals surface area (Å²) < 4.78 is 0. The summed E-state index contributed by atoms with van der Waals surface area (Å²) in [6, 6.07) is 0.150. The molecule has 0 radical (unpaired) electrons. The lowest BCUT2D eigenvalue weighted by Gasteiger charge is -2.44. The molecule has 2 atom stereocenters. The highest BCUT2D eigenvalue weighted by Crippen LogP contribution is 2.20. The Labute approximate surface area is 102 Å². The molecule has 2 unspecified atom stereocenters. The van der Waals surface area contributed by atoms with Crippen LogP contribution in [0, 0.1) is 0 Å². The molecule has 17 heavy (non-hydrogen) atoms. The molecule has 5 heteroatoms. The largest absolute Gasteiger partial charge is 0.481 e. The van der Waals surface area contributed by atoms with E-state index < -0.39 is 5.97 Å². The van der Waals surface area contributed by atoms with Crippen molar-refractivity contribution in [3.8, 4) is 0 Å². The Morgan fingerprint density at radius 1 is 1.53 bits per heavy atom. The van der Waals surface area contributed by atoms with Crippen LogP contribution in [0.25, 0.3) is 0 Å². The number of rotatable bonds is 4. The fourth-order valence-corrected chi connectivity index (χ4v) is 2.23. The molecule has 1 amide bonds. The van der Waals surface area contributed by atoms with Crippen LogP contribution in [0.2, 0.25) is 0 Å². The van der Waals surface area contributed by atoms with Gasteiger partial charge < -0.3 is 10.0 Å². The standard InChI is InChI=1S/C12H22N2O3/c1-8(2)14-7-9(3)13(4)10(12(14)17)5-6-11(15)16/h8-10H,5-7H2,1-4H3,(H,15,16). The van der Waals surface area contributed by atoms with Gasteiger partial charge in [-0.1, -0.05) is 0 Å². The zero-order chi connectivity index (χ0) is 13.2. The van der Waals surface area contributed by atoms with Crippen molar-refractivity contribution >= 4 is 11.9 Å². The van der Waals surface area contributed by atoms with Crippen LogP contribution in [0.4, 0.5) is 0 Å². The lowest BCUT2D eigenvalue weighted by molar-refractivity contribution is -0.147. The zero-order valence-corrected chi connectivity index (χ0v) is 11.0. The quantitative estimate of drug-likeness (QED) is 0.792. The lowest BCUT2D eigenvalue weighted by Crippen LogP contribution is -2.61. The van der Waals surface area contributed by atoms with Crippen LogP contribution in [0.15, 0.2) is 0 Å². The van der Waals surface area contributed by atoms with E-state index in [1.54, 1.807) is 0 Å². The second kappa shape index (κ2) is 5.49. The van der Waals surface area contributed by atoms with Crippen LogP contribution >= 0.6 is 0 Å². The average Bonchev–Trinajstić information content (AvgIpc) is 2.22. The Morgan fingerprint density at radius 3 is 2.59 bits per heavy atom. The normalized spacial score (nSPS) is 26.6. The first kappa shape index (κ1) is 14.0. The molecular formula is C12H22N2O3. The maximum absolute atomic E-state index is 12.2. The summed E-state index contributed by atoms with van der Waals surface area (Å²) in [5, 5.41) is 8.71. The van der Waals surface area contributed by atoms with E-state index in [2.05, 4.69) is 6.92 Å². The number of carbonyl (C=O) groups excluding carboxylic acids is 1. The van der Waals surface area contributed by atoms with E-state index in [0.29, 0.717) is 6.42 Å². The highest BCUT2D eigenvalue weighted by atomic mass is 16.4. The van der Waals surface area contributed by atoms with Gasteiger partial charge in [-0.25, -0.2) is 0 Å². The summed E-state index contributed by atoms with van der Waals surface area (Å²) >= 11 is 0. The predicted molar refractivity (Wildman–Crippen MR) is 64.7 cm³/mol. The van der Waals surface area contributed by atoms with Crippen LogP contribution in [0.5, 0.6) is 0 Å². The van der Waals surface area contributed by atoms with E-state index in [9.17, 15) is 9.59 Å². The third kappa shape index (κ3) is 3.19. The average molecular weight is 242 g/mol. The molecular weight excluding hydrogens is 220 g/mol. The van der Waals surface area contributed by atoms with E-state index in [4.69, 9.17) is 5.11 Å². The summed E-state index contributed by atoms with van der Waals surface area (Å²) in [7, 11) is 1.90. The van der Waals surface area contributed by atoms with Gasteiger partial charge in [-0.15, -0.1) is 0 Å². The Morgan fingerprint density at radius 2 is 2.12 bits per heavy atom. The molecule has 1 aliphatic rings. The van der Waals surface area contributed by atoms with Gasteiger partial charge in [0.25, 0.3) is 0 Å². The summed E-state index contributed by atoms with van der Waals surface area (Å²) in [5.41, 5.74) is 0. The van der Waals surface area contributed by atoms with Crippen molar-refractivity contribution in [1.82, 2.24) is 9.80 Å². The topological polar surface area (TPSA) is 60.9 Å². The molecule has 98 valence electrons. The molecule has 0 spiro atoms. The maximum atomic E-state index is 12.2. The van der Waals surface area contributed by atoms with Gasteiger partial charge in [-0.2, -0.15) is 0 Å². The van der Waals surface area contributed by atoms with Crippen LogP contribution in [-0.4, -0.2) is 58.5 Å². The molecule has 1 N–H and O–H groups in total. The van der Waals surface area contributed by atoms with E-state index >= 15 is 0 Å². The summed E-state index contributed by atoms with van der Waals surface area (Å²) in [6.45, 7) is 6.76. The molecule has 0 aromatic carbocycles. The molecule has 1 saturated heterocycles. The minimum atomic E-state index is -0.847. The minimum absolute atomic E-state index is 0.0411. The van der Waals surface area contributed by atoms with Gasteiger partial charge in [-0.3, -0.25) is 14.5 Å². The van der Waals surface area contributed by atoms with Crippen LogP contribution in [0.3, 0.4) is 0 Å². The second-order valence-corrected chi connectivity index (χ2v) is 5.05.